The minimum atomic E-state index is -0.255. The SMILES string of the molecule is COc1ccc(C(=O)Nc2ccccc2-c2nc(-c3ccccc3OC)no2)cc1. The lowest BCUT2D eigenvalue weighted by atomic mass is 10.1. The van der Waals surface area contributed by atoms with Crippen LogP contribution in [0.2, 0.25) is 0 Å². The topological polar surface area (TPSA) is 86.5 Å². The molecule has 0 saturated heterocycles. The molecule has 0 spiro atoms. The lowest BCUT2D eigenvalue weighted by Gasteiger charge is -2.09. The maximum Gasteiger partial charge on any atom is 0.260 e. The summed E-state index contributed by atoms with van der Waals surface area (Å²) < 4.78 is 16.0. The van der Waals surface area contributed by atoms with E-state index in [4.69, 9.17) is 14.0 Å². The number of methoxy groups -OCH3 is 2. The van der Waals surface area contributed by atoms with Crippen molar-refractivity contribution < 1.29 is 18.8 Å². The Morgan fingerprint density at radius 2 is 1.57 bits per heavy atom. The van der Waals surface area contributed by atoms with Gasteiger partial charge in [0.2, 0.25) is 5.82 Å². The minimum Gasteiger partial charge on any atom is -0.497 e. The molecule has 7 heteroatoms. The summed E-state index contributed by atoms with van der Waals surface area (Å²) in [5.74, 6) is 1.77. The fraction of sp³-hybridized carbons (Fsp3) is 0.0870. The molecular formula is C23H19N3O4. The second-order valence-electron chi connectivity index (χ2n) is 6.35. The molecule has 0 atom stereocenters. The van der Waals surface area contributed by atoms with Crippen molar-refractivity contribution in [1.29, 1.82) is 0 Å². The number of benzene rings is 3. The molecular weight excluding hydrogens is 382 g/mol. The largest absolute Gasteiger partial charge is 0.497 e. The van der Waals surface area contributed by atoms with Gasteiger partial charge in [-0.15, -0.1) is 0 Å². The van der Waals surface area contributed by atoms with Gasteiger partial charge < -0.3 is 19.3 Å². The first kappa shape index (κ1) is 19.2. The van der Waals surface area contributed by atoms with Crippen LogP contribution in [0.25, 0.3) is 22.8 Å². The third-order valence-corrected chi connectivity index (χ3v) is 4.53. The highest BCUT2D eigenvalue weighted by atomic mass is 16.5. The monoisotopic (exact) mass is 401 g/mol. The van der Waals surface area contributed by atoms with Crippen LogP contribution in [0.15, 0.2) is 77.3 Å². The number of amides is 1. The zero-order chi connectivity index (χ0) is 20.9. The summed E-state index contributed by atoms with van der Waals surface area (Å²) in [6, 6.07) is 21.5. The molecule has 0 aliphatic heterocycles. The molecule has 3 aromatic carbocycles. The number of hydrogen-bond donors (Lipinski definition) is 1. The van der Waals surface area contributed by atoms with E-state index in [0.717, 1.165) is 5.56 Å². The highest BCUT2D eigenvalue weighted by Gasteiger charge is 2.17. The first-order valence-corrected chi connectivity index (χ1v) is 9.21. The number of hydrogen-bond acceptors (Lipinski definition) is 6. The third kappa shape index (κ3) is 3.86. The standard InChI is InChI=1S/C23H19N3O4/c1-28-16-13-11-15(12-14-16)22(27)24-19-9-5-3-7-17(19)23-25-21(26-30-23)18-8-4-6-10-20(18)29-2/h3-14H,1-2H3,(H,24,27). The van der Waals surface area contributed by atoms with Crippen LogP contribution < -0.4 is 14.8 Å². The number of para-hydroxylation sites is 2. The molecule has 0 fully saturated rings. The molecule has 4 aromatic rings. The van der Waals surface area contributed by atoms with Crippen molar-refractivity contribution >= 4 is 11.6 Å². The highest BCUT2D eigenvalue weighted by molar-refractivity contribution is 6.06. The highest BCUT2D eigenvalue weighted by Crippen LogP contribution is 2.32. The molecule has 0 unspecified atom stereocenters. The zero-order valence-electron chi connectivity index (χ0n) is 16.5. The van der Waals surface area contributed by atoms with E-state index in [9.17, 15) is 4.79 Å². The second kappa shape index (κ2) is 8.48. The smallest absolute Gasteiger partial charge is 0.260 e. The summed E-state index contributed by atoms with van der Waals surface area (Å²) in [5, 5.41) is 6.98. The molecule has 0 saturated carbocycles. The van der Waals surface area contributed by atoms with Gasteiger partial charge in [0.25, 0.3) is 11.8 Å². The average molecular weight is 401 g/mol. The van der Waals surface area contributed by atoms with E-state index < -0.39 is 0 Å². The van der Waals surface area contributed by atoms with Crippen molar-refractivity contribution in [1.82, 2.24) is 10.1 Å². The van der Waals surface area contributed by atoms with E-state index >= 15 is 0 Å². The number of nitrogens with one attached hydrogen (secondary N) is 1. The third-order valence-electron chi connectivity index (χ3n) is 4.53. The van der Waals surface area contributed by atoms with Crippen molar-refractivity contribution in [2.75, 3.05) is 19.5 Å². The number of nitrogens with zero attached hydrogens (tertiary/aromatic N) is 2. The Balaban J connectivity index is 1.62. The minimum absolute atomic E-state index is 0.255. The molecule has 0 bridgehead atoms. The van der Waals surface area contributed by atoms with Crippen molar-refractivity contribution in [2.45, 2.75) is 0 Å². The number of anilines is 1. The van der Waals surface area contributed by atoms with Gasteiger partial charge in [-0.05, 0) is 48.5 Å². The molecule has 1 N–H and O–H groups in total. The molecule has 1 aromatic heterocycles. The number of aromatic nitrogens is 2. The first-order chi connectivity index (χ1) is 14.7. The Kier molecular flexibility index (Phi) is 5.43. The number of carbonyl (C=O) groups excluding carboxylic acids is 1. The Bertz CT molecular complexity index is 1170. The Morgan fingerprint density at radius 3 is 2.30 bits per heavy atom. The van der Waals surface area contributed by atoms with Crippen molar-refractivity contribution in [3.05, 3.63) is 78.4 Å². The van der Waals surface area contributed by atoms with Crippen LogP contribution in [0.4, 0.5) is 5.69 Å². The number of ether oxygens (including phenoxy) is 2. The predicted octanol–water partition coefficient (Wildman–Crippen LogP) is 4.67. The predicted molar refractivity (Wildman–Crippen MR) is 113 cm³/mol. The van der Waals surface area contributed by atoms with E-state index in [0.29, 0.717) is 40.0 Å². The summed E-state index contributed by atoms with van der Waals surface area (Å²) >= 11 is 0. The molecule has 0 aliphatic carbocycles. The van der Waals surface area contributed by atoms with Gasteiger partial charge in [-0.3, -0.25) is 4.79 Å². The molecule has 150 valence electrons. The van der Waals surface area contributed by atoms with Gasteiger partial charge in [0.05, 0.1) is 31.0 Å². The molecule has 4 rings (SSSR count). The molecule has 1 heterocycles. The van der Waals surface area contributed by atoms with Gasteiger partial charge in [-0.2, -0.15) is 4.98 Å². The summed E-state index contributed by atoms with van der Waals surface area (Å²) in [5.41, 5.74) is 2.40. The fourth-order valence-corrected chi connectivity index (χ4v) is 2.99. The fourth-order valence-electron chi connectivity index (χ4n) is 2.99. The molecule has 7 nitrogen and oxygen atoms in total. The maximum atomic E-state index is 12.7. The number of carbonyl (C=O) groups is 1. The van der Waals surface area contributed by atoms with E-state index in [1.54, 1.807) is 44.6 Å². The average Bonchev–Trinajstić information content (AvgIpc) is 3.29. The Hall–Kier alpha value is -4.13. The quantitative estimate of drug-likeness (QED) is 0.505. The van der Waals surface area contributed by atoms with E-state index in [2.05, 4.69) is 15.5 Å². The van der Waals surface area contributed by atoms with Crippen LogP contribution in [-0.4, -0.2) is 30.3 Å². The molecule has 0 aliphatic rings. The van der Waals surface area contributed by atoms with Crippen LogP contribution in [-0.2, 0) is 0 Å². The maximum absolute atomic E-state index is 12.7. The van der Waals surface area contributed by atoms with Gasteiger partial charge in [-0.1, -0.05) is 29.4 Å². The normalized spacial score (nSPS) is 10.5. The summed E-state index contributed by atoms with van der Waals surface area (Å²) in [7, 11) is 3.17. The zero-order valence-corrected chi connectivity index (χ0v) is 16.5. The Morgan fingerprint density at radius 1 is 0.867 bits per heavy atom. The van der Waals surface area contributed by atoms with Crippen LogP contribution in [0, 0.1) is 0 Å². The van der Waals surface area contributed by atoms with E-state index in [1.807, 2.05) is 42.5 Å². The first-order valence-electron chi connectivity index (χ1n) is 9.21. The van der Waals surface area contributed by atoms with E-state index in [1.165, 1.54) is 0 Å². The van der Waals surface area contributed by atoms with Crippen molar-refractivity contribution in [3.63, 3.8) is 0 Å². The Labute approximate surface area is 173 Å². The molecule has 0 radical (unpaired) electrons. The van der Waals surface area contributed by atoms with Crippen molar-refractivity contribution in [2.24, 2.45) is 0 Å². The van der Waals surface area contributed by atoms with Gasteiger partial charge in [0.1, 0.15) is 11.5 Å². The van der Waals surface area contributed by atoms with Crippen LogP contribution in [0.1, 0.15) is 10.4 Å². The van der Waals surface area contributed by atoms with Crippen molar-refractivity contribution in [3.8, 4) is 34.3 Å². The van der Waals surface area contributed by atoms with Crippen LogP contribution >= 0.6 is 0 Å². The summed E-state index contributed by atoms with van der Waals surface area (Å²) in [4.78, 5) is 17.2. The van der Waals surface area contributed by atoms with Gasteiger partial charge in [-0.25, -0.2) is 0 Å². The lowest BCUT2D eigenvalue weighted by molar-refractivity contribution is 0.102. The summed E-state index contributed by atoms with van der Waals surface area (Å²) in [6.07, 6.45) is 0. The van der Waals surface area contributed by atoms with Gasteiger partial charge >= 0.3 is 0 Å². The van der Waals surface area contributed by atoms with Crippen LogP contribution in [0.5, 0.6) is 11.5 Å². The van der Waals surface area contributed by atoms with Crippen LogP contribution in [0.3, 0.4) is 0 Å². The second-order valence-corrected chi connectivity index (χ2v) is 6.35. The van der Waals surface area contributed by atoms with E-state index in [-0.39, 0.29) is 5.91 Å². The van der Waals surface area contributed by atoms with Gasteiger partial charge in [0.15, 0.2) is 0 Å². The lowest BCUT2D eigenvalue weighted by Crippen LogP contribution is -2.12. The van der Waals surface area contributed by atoms with Gasteiger partial charge in [0, 0.05) is 5.56 Å². The number of rotatable bonds is 6. The molecule has 30 heavy (non-hydrogen) atoms. The summed E-state index contributed by atoms with van der Waals surface area (Å²) in [6.45, 7) is 0. The molecule has 1 amide bonds.